The van der Waals surface area contributed by atoms with Crippen molar-refractivity contribution in [3.63, 3.8) is 0 Å². The van der Waals surface area contributed by atoms with Crippen molar-refractivity contribution in [1.82, 2.24) is 24.8 Å². The maximum atomic E-state index is 15.1. The lowest BCUT2D eigenvalue weighted by atomic mass is 10.1. The number of hydrogen-bond donors (Lipinski definition) is 3. The summed E-state index contributed by atoms with van der Waals surface area (Å²) in [6.45, 7) is 2.80. The zero-order valence-corrected chi connectivity index (χ0v) is 24.0. The van der Waals surface area contributed by atoms with Gasteiger partial charge >= 0.3 is 6.18 Å². The SMILES string of the molecule is CN1CCN(c2cc(NC(=O)c3ccc(F)c(Nc4ncnc5cnc(NC6CCOC6)nc45)c3)cc(C(F)(F)F)c2F)CC1. The van der Waals surface area contributed by atoms with Crippen molar-refractivity contribution in [3.8, 4) is 0 Å². The van der Waals surface area contributed by atoms with E-state index in [9.17, 15) is 22.4 Å². The number of nitrogens with zero attached hydrogens (tertiary/aromatic N) is 6. The molecule has 4 aromatic rings. The Labute approximate surface area is 253 Å². The van der Waals surface area contributed by atoms with Gasteiger partial charge < -0.3 is 30.5 Å². The number of piperazine rings is 1. The van der Waals surface area contributed by atoms with Gasteiger partial charge in [-0.3, -0.25) is 4.79 Å². The predicted octanol–water partition coefficient (Wildman–Crippen LogP) is 4.67. The number of halogens is 5. The average molecular weight is 630 g/mol. The van der Waals surface area contributed by atoms with Crippen LogP contribution in [0.3, 0.4) is 0 Å². The third kappa shape index (κ3) is 6.71. The second-order valence-electron chi connectivity index (χ2n) is 10.8. The number of likely N-dealkylation sites (N-methyl/N-ethyl adjacent to an activating group) is 1. The van der Waals surface area contributed by atoms with Crippen LogP contribution in [0.2, 0.25) is 0 Å². The summed E-state index contributed by atoms with van der Waals surface area (Å²) in [5.41, 5.74) is -1.58. The summed E-state index contributed by atoms with van der Waals surface area (Å²) in [4.78, 5) is 33.7. The Morgan fingerprint density at radius 1 is 1.04 bits per heavy atom. The van der Waals surface area contributed by atoms with E-state index >= 15 is 4.39 Å². The Morgan fingerprint density at radius 2 is 1.84 bits per heavy atom. The Hall–Kier alpha value is -4.70. The van der Waals surface area contributed by atoms with E-state index in [1.54, 1.807) is 0 Å². The zero-order valence-electron chi connectivity index (χ0n) is 24.0. The molecule has 6 rings (SSSR count). The Morgan fingerprint density at radius 3 is 2.58 bits per heavy atom. The Bertz CT molecular complexity index is 1720. The van der Waals surface area contributed by atoms with Crippen molar-refractivity contribution in [1.29, 1.82) is 0 Å². The van der Waals surface area contributed by atoms with Crippen molar-refractivity contribution < 1.29 is 31.5 Å². The highest BCUT2D eigenvalue weighted by Gasteiger charge is 2.37. The monoisotopic (exact) mass is 629 g/mol. The molecular weight excluding hydrogens is 601 g/mol. The molecule has 0 aliphatic carbocycles. The van der Waals surface area contributed by atoms with Crippen LogP contribution in [0.15, 0.2) is 42.9 Å². The van der Waals surface area contributed by atoms with Crippen molar-refractivity contribution in [2.45, 2.75) is 18.6 Å². The maximum absolute atomic E-state index is 15.1. The number of benzene rings is 2. The van der Waals surface area contributed by atoms with Crippen molar-refractivity contribution >= 4 is 45.8 Å². The van der Waals surface area contributed by atoms with Gasteiger partial charge in [-0.05, 0) is 43.8 Å². The van der Waals surface area contributed by atoms with Gasteiger partial charge in [-0.2, -0.15) is 13.2 Å². The van der Waals surface area contributed by atoms with Gasteiger partial charge in [-0.15, -0.1) is 0 Å². The molecule has 1 amide bonds. The lowest BCUT2D eigenvalue weighted by Crippen LogP contribution is -2.45. The fourth-order valence-corrected chi connectivity index (χ4v) is 5.10. The third-order valence-corrected chi connectivity index (χ3v) is 7.58. The van der Waals surface area contributed by atoms with Crippen LogP contribution in [-0.2, 0) is 10.9 Å². The van der Waals surface area contributed by atoms with E-state index in [0.717, 1.165) is 12.5 Å². The molecular formula is C29H28F5N9O2. The summed E-state index contributed by atoms with van der Waals surface area (Å²) < 4.78 is 76.7. The number of nitrogens with one attached hydrogen (secondary N) is 3. The topological polar surface area (TPSA) is 120 Å². The van der Waals surface area contributed by atoms with Crippen LogP contribution in [0.25, 0.3) is 11.0 Å². The number of anilines is 5. The zero-order chi connectivity index (χ0) is 31.7. The molecule has 0 saturated carbocycles. The second-order valence-corrected chi connectivity index (χ2v) is 10.8. The fraction of sp³-hybridized carbons (Fsp3) is 0.345. The first-order chi connectivity index (χ1) is 21.5. The smallest absolute Gasteiger partial charge is 0.379 e. The number of hydrogen-bond acceptors (Lipinski definition) is 10. The second kappa shape index (κ2) is 12.4. The van der Waals surface area contributed by atoms with Crippen molar-refractivity contribution in [2.75, 3.05) is 67.3 Å². The van der Waals surface area contributed by atoms with E-state index in [0.29, 0.717) is 56.9 Å². The molecule has 4 heterocycles. The molecule has 2 fully saturated rings. The van der Waals surface area contributed by atoms with Crippen LogP contribution < -0.4 is 20.9 Å². The van der Waals surface area contributed by atoms with Gasteiger partial charge in [0.15, 0.2) is 11.6 Å². The largest absolute Gasteiger partial charge is 0.419 e. The van der Waals surface area contributed by atoms with E-state index < -0.39 is 29.3 Å². The van der Waals surface area contributed by atoms with Crippen molar-refractivity contribution in [2.24, 2.45) is 0 Å². The highest BCUT2D eigenvalue weighted by atomic mass is 19.4. The lowest BCUT2D eigenvalue weighted by molar-refractivity contribution is -0.139. The molecule has 2 aromatic carbocycles. The number of rotatable bonds is 7. The molecule has 45 heavy (non-hydrogen) atoms. The molecule has 11 nitrogen and oxygen atoms in total. The first kappa shape index (κ1) is 30.3. The first-order valence-electron chi connectivity index (χ1n) is 14.1. The molecule has 2 saturated heterocycles. The molecule has 0 bridgehead atoms. The van der Waals surface area contributed by atoms with Gasteiger partial charge in [0.25, 0.3) is 5.91 Å². The number of aromatic nitrogens is 4. The number of carbonyl (C=O) groups excluding carboxylic acids is 1. The summed E-state index contributed by atoms with van der Waals surface area (Å²) in [5.74, 6) is -2.53. The molecule has 0 radical (unpaired) electrons. The highest BCUT2D eigenvalue weighted by Crippen LogP contribution is 2.38. The van der Waals surface area contributed by atoms with Gasteiger partial charge in [-0.1, -0.05) is 0 Å². The summed E-state index contributed by atoms with van der Waals surface area (Å²) in [6, 6.07) is 5.14. The van der Waals surface area contributed by atoms with Crippen LogP contribution in [0.4, 0.5) is 50.8 Å². The molecule has 1 atom stereocenters. The molecule has 2 aliphatic heterocycles. The van der Waals surface area contributed by atoms with Crippen molar-refractivity contribution in [3.05, 3.63) is 65.6 Å². The Kier molecular flexibility index (Phi) is 8.33. The lowest BCUT2D eigenvalue weighted by Gasteiger charge is -2.34. The van der Waals surface area contributed by atoms with E-state index in [-0.39, 0.29) is 40.0 Å². The van der Waals surface area contributed by atoms with Crippen LogP contribution in [0.5, 0.6) is 0 Å². The Balaban J connectivity index is 1.26. The average Bonchev–Trinajstić information content (AvgIpc) is 3.52. The van der Waals surface area contributed by atoms with E-state index in [1.165, 1.54) is 35.6 Å². The molecule has 2 aliphatic rings. The quantitative estimate of drug-likeness (QED) is 0.249. The van der Waals surface area contributed by atoms with Crippen LogP contribution in [0, 0.1) is 11.6 Å². The maximum Gasteiger partial charge on any atom is 0.419 e. The number of alkyl halides is 3. The van der Waals surface area contributed by atoms with E-state index in [4.69, 9.17) is 4.74 Å². The van der Waals surface area contributed by atoms with Crippen LogP contribution in [-0.4, -0.2) is 83.2 Å². The molecule has 16 heteroatoms. The van der Waals surface area contributed by atoms with Gasteiger partial charge in [0.1, 0.15) is 23.2 Å². The summed E-state index contributed by atoms with van der Waals surface area (Å²) in [5, 5.41) is 8.41. The first-order valence-corrected chi connectivity index (χ1v) is 14.1. The highest BCUT2D eigenvalue weighted by molar-refractivity contribution is 6.05. The molecule has 1 unspecified atom stereocenters. The summed E-state index contributed by atoms with van der Waals surface area (Å²) >= 11 is 0. The standard InChI is InChI=1S/C29H28F5N9O2/c1-42-5-7-43(8-6-42)23-12-18(11-19(24(23)31)29(32,33)34)38-27(44)16-2-3-20(30)21(10-16)40-26-25-22(36-15-37-26)13-35-28(41-25)39-17-4-9-45-14-17/h2-3,10-13,15,17H,4-9,14H2,1H3,(H,38,44)(H,35,39,41)(H,36,37,40). The third-order valence-electron chi connectivity index (χ3n) is 7.58. The minimum absolute atomic E-state index is 0.0297. The summed E-state index contributed by atoms with van der Waals surface area (Å²) in [6.07, 6.45) is -1.49. The van der Waals surface area contributed by atoms with Gasteiger partial charge in [0, 0.05) is 44.0 Å². The summed E-state index contributed by atoms with van der Waals surface area (Å²) in [7, 11) is 1.86. The van der Waals surface area contributed by atoms with Gasteiger partial charge in [-0.25, -0.2) is 28.7 Å². The fourth-order valence-electron chi connectivity index (χ4n) is 5.10. The van der Waals surface area contributed by atoms with Gasteiger partial charge in [0.2, 0.25) is 5.95 Å². The van der Waals surface area contributed by atoms with Gasteiger partial charge in [0.05, 0.1) is 35.8 Å². The molecule has 236 valence electrons. The number of carbonyl (C=O) groups is 1. The number of ether oxygens (including phenoxy) is 1. The predicted molar refractivity (Wildman–Crippen MR) is 157 cm³/mol. The number of amides is 1. The molecule has 2 aromatic heterocycles. The minimum Gasteiger partial charge on any atom is -0.379 e. The molecule has 3 N–H and O–H groups in total. The molecule has 0 spiro atoms. The van der Waals surface area contributed by atoms with E-state index in [2.05, 4.69) is 35.9 Å². The minimum atomic E-state index is -5.00. The van der Waals surface area contributed by atoms with Crippen LogP contribution >= 0.6 is 0 Å². The normalized spacial score (nSPS) is 17.5. The van der Waals surface area contributed by atoms with Crippen LogP contribution in [0.1, 0.15) is 22.3 Å². The van der Waals surface area contributed by atoms with E-state index in [1.807, 2.05) is 11.9 Å². The number of fused-ring (bicyclic) bond motifs is 1.